The third-order valence-corrected chi connectivity index (χ3v) is 7.35. The maximum Gasteiger partial charge on any atom is 0.311 e. The molecule has 0 aromatic heterocycles. The summed E-state index contributed by atoms with van der Waals surface area (Å²) in [5, 5.41) is 8.36. The first-order chi connectivity index (χ1) is 18.0. The Morgan fingerprint density at radius 1 is 1.05 bits per heavy atom. The zero-order chi connectivity index (χ0) is 29.3. The molecule has 1 aromatic rings. The number of rotatable bonds is 16. The van der Waals surface area contributed by atoms with E-state index in [-0.39, 0.29) is 17.5 Å². The molecule has 1 rings (SSSR count). The Kier molecular flexibility index (Phi) is 24.9. The minimum Gasteiger partial charge on any atom is -0.465 e. The van der Waals surface area contributed by atoms with Crippen LogP contribution in [0.4, 0.5) is 0 Å². The van der Waals surface area contributed by atoms with Gasteiger partial charge in [0.25, 0.3) is 0 Å². The lowest BCUT2D eigenvalue weighted by Crippen LogP contribution is -2.25. The average Bonchev–Trinajstić information content (AvgIpc) is 2.92. The Balaban J connectivity index is 0. The summed E-state index contributed by atoms with van der Waals surface area (Å²) in [6.07, 6.45) is 6.46. The highest BCUT2D eigenvalue weighted by atomic mass is 31.2. The minimum absolute atomic E-state index is 0.0816. The average molecular weight is 560 g/mol. The number of benzene rings is 1. The lowest BCUT2D eigenvalue weighted by molar-refractivity contribution is -0.154. The predicted octanol–water partition coefficient (Wildman–Crippen LogP) is 6.84. The Bertz CT molecular complexity index is 767. The molecular weight excluding hydrogens is 505 g/mol. The van der Waals surface area contributed by atoms with Gasteiger partial charge >= 0.3 is 5.97 Å². The van der Waals surface area contributed by atoms with Crippen molar-refractivity contribution in [3.63, 3.8) is 0 Å². The molecule has 0 heterocycles. The highest BCUT2D eigenvalue weighted by Crippen LogP contribution is 2.47. The van der Waals surface area contributed by atoms with Crippen molar-refractivity contribution < 1.29 is 33.2 Å². The quantitative estimate of drug-likeness (QED) is 0.135. The summed E-state index contributed by atoms with van der Waals surface area (Å²) in [7, 11) is 1.21. The van der Waals surface area contributed by atoms with E-state index < -0.39 is 7.51 Å². The van der Waals surface area contributed by atoms with Gasteiger partial charge in [-0.2, -0.15) is 0 Å². The molecule has 0 bridgehead atoms. The van der Waals surface area contributed by atoms with Crippen LogP contribution in [0, 0.1) is 5.41 Å². The summed E-state index contributed by atoms with van der Waals surface area (Å²) in [5.41, 5.74) is 0.835. The molecule has 0 fully saturated rings. The Morgan fingerprint density at radius 3 is 2.16 bits per heavy atom. The molecule has 9 heteroatoms. The molecule has 0 spiro atoms. The number of aliphatic hydroxyl groups excluding tert-OH is 1. The van der Waals surface area contributed by atoms with Gasteiger partial charge in [-0.25, -0.2) is 0 Å². The highest BCUT2D eigenvalue weighted by molar-refractivity contribution is 7.55. The smallest absolute Gasteiger partial charge is 0.311 e. The molecule has 1 aromatic carbocycles. The van der Waals surface area contributed by atoms with Crippen LogP contribution >= 0.6 is 7.51 Å². The molecule has 0 aliphatic heterocycles. The number of hydrogen-bond donors (Lipinski definition) is 1. The second-order valence-electron chi connectivity index (χ2n) is 9.18. The summed E-state index contributed by atoms with van der Waals surface area (Å²) in [6.45, 7) is 16.6. The van der Waals surface area contributed by atoms with Crippen molar-refractivity contribution in [2.75, 3.05) is 60.5 Å². The third kappa shape index (κ3) is 22.4. The normalized spacial score (nSPS) is 13.4. The SMILES string of the molecule is CCC(C)O.CCCOC(=O)C(C)(C)CC.CN=P(C)(OC/C=C/c1ccccc1)OCCOCCOC. The van der Waals surface area contributed by atoms with E-state index in [9.17, 15) is 4.79 Å². The molecule has 0 aliphatic carbocycles. The first kappa shape index (κ1) is 38.6. The molecule has 0 radical (unpaired) electrons. The van der Waals surface area contributed by atoms with Gasteiger partial charge in [0.2, 0.25) is 7.51 Å². The fraction of sp³-hybridized carbons (Fsp3) is 0.690. The molecule has 0 amide bonds. The monoisotopic (exact) mass is 559 g/mol. The fourth-order valence-corrected chi connectivity index (χ4v) is 3.21. The van der Waals surface area contributed by atoms with Crippen LogP contribution < -0.4 is 0 Å². The van der Waals surface area contributed by atoms with E-state index in [1.807, 2.05) is 83.8 Å². The second-order valence-corrected chi connectivity index (χ2v) is 11.7. The van der Waals surface area contributed by atoms with E-state index in [0.29, 0.717) is 39.6 Å². The summed E-state index contributed by atoms with van der Waals surface area (Å²) in [4.78, 5) is 11.2. The van der Waals surface area contributed by atoms with Gasteiger partial charge in [-0.15, -0.1) is 0 Å². The van der Waals surface area contributed by atoms with E-state index >= 15 is 0 Å². The molecule has 2 unspecified atom stereocenters. The van der Waals surface area contributed by atoms with Gasteiger partial charge in [-0.05, 0) is 45.6 Å². The third-order valence-electron chi connectivity index (χ3n) is 5.34. The van der Waals surface area contributed by atoms with Crippen molar-refractivity contribution in [2.45, 2.75) is 66.9 Å². The summed E-state index contributed by atoms with van der Waals surface area (Å²) >= 11 is 0. The van der Waals surface area contributed by atoms with Gasteiger partial charge < -0.3 is 28.4 Å². The zero-order valence-electron chi connectivity index (χ0n) is 25.3. The van der Waals surface area contributed by atoms with Crippen molar-refractivity contribution in [2.24, 2.45) is 10.2 Å². The van der Waals surface area contributed by atoms with Crippen molar-refractivity contribution >= 4 is 19.6 Å². The van der Waals surface area contributed by atoms with Gasteiger partial charge in [0.15, 0.2) is 0 Å². The molecule has 1 N–H and O–H groups in total. The minimum atomic E-state index is -2.16. The van der Waals surface area contributed by atoms with E-state index in [1.165, 1.54) is 0 Å². The predicted molar refractivity (Wildman–Crippen MR) is 159 cm³/mol. The lowest BCUT2D eigenvalue weighted by Gasteiger charge is -2.19. The maximum absolute atomic E-state index is 11.2. The van der Waals surface area contributed by atoms with Crippen LogP contribution in [0.15, 0.2) is 41.2 Å². The molecule has 0 saturated heterocycles. The van der Waals surface area contributed by atoms with Crippen LogP contribution in [0.2, 0.25) is 0 Å². The Labute approximate surface area is 232 Å². The number of carbonyl (C=O) groups excluding carboxylic acids is 1. The number of nitrogens with zero attached hydrogens (tertiary/aromatic N) is 1. The second kappa shape index (κ2) is 24.5. The molecule has 0 saturated carbocycles. The van der Waals surface area contributed by atoms with E-state index in [2.05, 4.69) is 4.74 Å². The standard InChI is InChI=1S/C16H26NO4P.C9H18O2.C4H10O/c1-17-22(3,21-15-14-19-13-12-18-2)20-11-7-10-16-8-5-4-6-9-16;1-5-7-11-8(10)9(3,4)6-2;1-3-4(2)5/h4-10H,11-15H2,1-3H3;5-7H2,1-4H3;4-5H,3H2,1-2H3/b10-7+;;. The molecule has 38 heavy (non-hydrogen) atoms. The first-order valence-corrected chi connectivity index (χ1v) is 15.4. The Morgan fingerprint density at radius 2 is 1.66 bits per heavy atom. The topological polar surface area (TPSA) is 95.8 Å². The largest absolute Gasteiger partial charge is 0.465 e. The number of carbonyl (C=O) groups is 1. The first-order valence-electron chi connectivity index (χ1n) is 13.4. The maximum atomic E-state index is 11.2. The summed E-state index contributed by atoms with van der Waals surface area (Å²) < 4.78 is 31.0. The van der Waals surface area contributed by atoms with Crippen LogP contribution in [0.5, 0.6) is 0 Å². The van der Waals surface area contributed by atoms with E-state index in [4.69, 9.17) is 28.4 Å². The van der Waals surface area contributed by atoms with Crippen LogP contribution in [0.1, 0.15) is 66.4 Å². The number of esters is 1. The molecular formula is C29H54NO7P. The summed E-state index contributed by atoms with van der Waals surface area (Å²) in [6, 6.07) is 10.1. The fourth-order valence-electron chi connectivity index (χ4n) is 2.13. The van der Waals surface area contributed by atoms with Crippen LogP contribution in [-0.4, -0.2) is 77.6 Å². The van der Waals surface area contributed by atoms with Crippen LogP contribution in [-0.2, 0) is 28.1 Å². The lowest BCUT2D eigenvalue weighted by atomic mass is 9.91. The number of aliphatic hydroxyl groups is 1. The van der Waals surface area contributed by atoms with Crippen LogP contribution in [0.3, 0.4) is 0 Å². The highest BCUT2D eigenvalue weighted by Gasteiger charge is 2.26. The molecule has 8 nitrogen and oxygen atoms in total. The van der Waals surface area contributed by atoms with E-state index in [1.54, 1.807) is 21.1 Å². The van der Waals surface area contributed by atoms with Crippen molar-refractivity contribution in [1.29, 1.82) is 0 Å². The van der Waals surface area contributed by atoms with Gasteiger partial charge in [-0.1, -0.05) is 63.3 Å². The molecule has 222 valence electrons. The summed E-state index contributed by atoms with van der Waals surface area (Å²) in [5.74, 6) is -0.0816. The Hall–Kier alpha value is -1.54. The van der Waals surface area contributed by atoms with Gasteiger partial charge in [-0.3, -0.25) is 9.54 Å². The molecule has 0 aliphatic rings. The van der Waals surface area contributed by atoms with Crippen LogP contribution in [0.25, 0.3) is 6.08 Å². The van der Waals surface area contributed by atoms with E-state index in [0.717, 1.165) is 24.8 Å². The van der Waals surface area contributed by atoms with Crippen molar-refractivity contribution in [3.05, 3.63) is 42.0 Å². The zero-order valence-corrected chi connectivity index (χ0v) is 26.2. The number of ether oxygens (including phenoxy) is 3. The van der Waals surface area contributed by atoms with Gasteiger partial charge in [0, 0.05) is 20.8 Å². The van der Waals surface area contributed by atoms with Gasteiger partial charge in [0.05, 0.1) is 51.2 Å². The van der Waals surface area contributed by atoms with Gasteiger partial charge in [0.1, 0.15) is 0 Å². The number of methoxy groups -OCH3 is 1. The van der Waals surface area contributed by atoms with Crippen molar-refractivity contribution in [3.8, 4) is 0 Å². The van der Waals surface area contributed by atoms with Crippen molar-refractivity contribution in [1.82, 2.24) is 0 Å². The molecule has 2 atom stereocenters. The number of hydrogen-bond acceptors (Lipinski definition) is 8.